The monoisotopic (exact) mass is 249 g/mol. The summed E-state index contributed by atoms with van der Waals surface area (Å²) in [6.07, 6.45) is 3.81. The lowest BCUT2D eigenvalue weighted by Gasteiger charge is -2.26. The van der Waals surface area contributed by atoms with Gasteiger partial charge in [0.15, 0.2) is 23.3 Å². The van der Waals surface area contributed by atoms with Crippen molar-refractivity contribution in [1.82, 2.24) is 9.97 Å². The van der Waals surface area contributed by atoms with Gasteiger partial charge in [0.1, 0.15) is 5.69 Å². The number of hydrogen-bond donors (Lipinski definition) is 5. The first-order valence-corrected chi connectivity index (χ1v) is 6.05. The molecule has 0 saturated heterocycles. The van der Waals surface area contributed by atoms with Gasteiger partial charge in [0.25, 0.3) is 0 Å². The van der Waals surface area contributed by atoms with E-state index < -0.39 is 0 Å². The van der Waals surface area contributed by atoms with Gasteiger partial charge in [-0.1, -0.05) is 6.42 Å². The molecule has 18 heavy (non-hydrogen) atoms. The van der Waals surface area contributed by atoms with Crippen LogP contribution in [0, 0.1) is 11.3 Å². The topological polar surface area (TPSA) is 126 Å². The molecule has 1 aromatic rings. The first-order chi connectivity index (χ1) is 8.61. The largest absolute Gasteiger partial charge is 0.382 e. The molecule has 0 amide bonds. The van der Waals surface area contributed by atoms with Crippen LogP contribution in [0.2, 0.25) is 0 Å². The summed E-state index contributed by atoms with van der Waals surface area (Å²) in [6, 6.07) is 0. The Balaban J connectivity index is 2.20. The van der Waals surface area contributed by atoms with Gasteiger partial charge in [-0.2, -0.15) is 0 Å². The fraction of sp³-hybridized carbons (Fsp3) is 0.545. The molecule has 1 heterocycles. The van der Waals surface area contributed by atoms with Crippen LogP contribution in [0.4, 0.5) is 17.3 Å². The van der Waals surface area contributed by atoms with Gasteiger partial charge in [-0.05, 0) is 18.8 Å². The number of nitrogens with two attached hydrogens (primary N) is 2. The number of rotatable bonds is 5. The highest BCUT2D eigenvalue weighted by molar-refractivity contribution is 5.93. The molecule has 0 bridgehead atoms. The van der Waals surface area contributed by atoms with E-state index in [4.69, 9.17) is 16.9 Å². The summed E-state index contributed by atoms with van der Waals surface area (Å²) in [7, 11) is 1.76. The molecule has 7 N–H and O–H groups in total. The number of nitrogens with one attached hydrogen (secondary N) is 3. The molecule has 1 aromatic heterocycles. The van der Waals surface area contributed by atoms with E-state index >= 15 is 0 Å². The van der Waals surface area contributed by atoms with Gasteiger partial charge in [0.05, 0.1) is 0 Å². The molecular formula is C11H19N7. The van der Waals surface area contributed by atoms with Crippen LogP contribution < -0.4 is 22.1 Å². The van der Waals surface area contributed by atoms with Crippen molar-refractivity contribution in [1.29, 1.82) is 5.41 Å². The van der Waals surface area contributed by atoms with E-state index in [0.29, 0.717) is 23.2 Å². The highest BCUT2D eigenvalue weighted by atomic mass is 15.1. The maximum atomic E-state index is 7.37. The second-order valence-corrected chi connectivity index (χ2v) is 4.50. The molecule has 2 rings (SSSR count). The molecule has 98 valence electrons. The Morgan fingerprint density at radius 1 is 1.44 bits per heavy atom. The number of nitrogen functional groups attached to an aromatic ring is 2. The fourth-order valence-corrected chi connectivity index (χ4v) is 1.91. The van der Waals surface area contributed by atoms with Crippen LogP contribution in [0.25, 0.3) is 0 Å². The van der Waals surface area contributed by atoms with E-state index in [1.807, 2.05) is 0 Å². The summed E-state index contributed by atoms with van der Waals surface area (Å²) in [5, 5.41) is 13.6. The zero-order valence-electron chi connectivity index (χ0n) is 10.5. The third-order valence-electron chi connectivity index (χ3n) is 3.21. The number of anilines is 3. The summed E-state index contributed by atoms with van der Waals surface area (Å²) in [6.45, 7) is 0.864. The summed E-state index contributed by atoms with van der Waals surface area (Å²) in [5.41, 5.74) is 11.9. The number of hydrogen-bond acceptors (Lipinski definition) is 6. The average molecular weight is 249 g/mol. The van der Waals surface area contributed by atoms with Gasteiger partial charge in [-0.15, -0.1) is 0 Å². The van der Waals surface area contributed by atoms with E-state index in [0.717, 1.165) is 6.54 Å². The molecule has 7 heteroatoms. The van der Waals surface area contributed by atoms with E-state index in [2.05, 4.69) is 20.6 Å². The molecule has 1 aliphatic carbocycles. The SMILES string of the molecule is CNc1c(N)nc(C(=N)N)nc1NCC1CCC1. The Labute approximate surface area is 106 Å². The van der Waals surface area contributed by atoms with E-state index in [1.165, 1.54) is 19.3 Å². The molecule has 0 spiro atoms. The number of nitrogens with zero attached hydrogens (tertiary/aromatic N) is 2. The minimum atomic E-state index is -0.184. The van der Waals surface area contributed by atoms with Crippen molar-refractivity contribution >= 4 is 23.2 Å². The minimum absolute atomic E-state index is 0.155. The van der Waals surface area contributed by atoms with Crippen LogP contribution in [0.15, 0.2) is 0 Å². The van der Waals surface area contributed by atoms with Gasteiger partial charge in [0.2, 0.25) is 0 Å². The van der Waals surface area contributed by atoms with Crippen molar-refractivity contribution < 1.29 is 0 Å². The van der Waals surface area contributed by atoms with Crippen LogP contribution in [0.1, 0.15) is 25.1 Å². The summed E-state index contributed by atoms with van der Waals surface area (Å²) in [4.78, 5) is 8.20. The van der Waals surface area contributed by atoms with Crippen molar-refractivity contribution in [2.24, 2.45) is 11.7 Å². The van der Waals surface area contributed by atoms with Crippen molar-refractivity contribution in [2.45, 2.75) is 19.3 Å². The highest BCUT2D eigenvalue weighted by Gasteiger charge is 2.19. The second-order valence-electron chi connectivity index (χ2n) is 4.50. The normalized spacial score (nSPS) is 14.9. The van der Waals surface area contributed by atoms with Gasteiger partial charge >= 0.3 is 0 Å². The maximum absolute atomic E-state index is 7.37. The van der Waals surface area contributed by atoms with E-state index in [-0.39, 0.29) is 11.7 Å². The van der Waals surface area contributed by atoms with Crippen LogP contribution >= 0.6 is 0 Å². The van der Waals surface area contributed by atoms with Crippen molar-refractivity contribution in [3.63, 3.8) is 0 Å². The third-order valence-corrected chi connectivity index (χ3v) is 3.21. The lowest BCUT2D eigenvalue weighted by molar-refractivity contribution is 0.333. The minimum Gasteiger partial charge on any atom is -0.382 e. The molecular weight excluding hydrogens is 230 g/mol. The predicted octanol–water partition coefficient (Wildman–Crippen LogP) is 0.597. The molecule has 1 aliphatic rings. The predicted molar refractivity (Wildman–Crippen MR) is 72.8 cm³/mol. The first-order valence-electron chi connectivity index (χ1n) is 6.05. The third kappa shape index (κ3) is 2.44. The average Bonchev–Trinajstić information content (AvgIpc) is 2.26. The fourth-order valence-electron chi connectivity index (χ4n) is 1.91. The lowest BCUT2D eigenvalue weighted by Crippen LogP contribution is -2.24. The first kappa shape index (κ1) is 12.4. The Kier molecular flexibility index (Phi) is 3.50. The molecule has 0 aromatic carbocycles. The Morgan fingerprint density at radius 3 is 2.67 bits per heavy atom. The lowest BCUT2D eigenvalue weighted by atomic mass is 9.85. The van der Waals surface area contributed by atoms with Crippen LogP contribution in [0.5, 0.6) is 0 Å². The van der Waals surface area contributed by atoms with Gasteiger partial charge in [0, 0.05) is 13.6 Å². The van der Waals surface area contributed by atoms with Crippen molar-refractivity contribution in [2.75, 3.05) is 30.0 Å². The summed E-state index contributed by atoms with van der Waals surface area (Å²) < 4.78 is 0. The van der Waals surface area contributed by atoms with Crippen molar-refractivity contribution in [3.05, 3.63) is 5.82 Å². The molecule has 0 atom stereocenters. The van der Waals surface area contributed by atoms with E-state index in [1.54, 1.807) is 7.05 Å². The standard InChI is InChI=1S/C11H19N7/c1-15-7-9(14)17-11(8(12)13)18-10(7)16-5-6-3-2-4-6/h6,15H,2-5H2,1H3,(H3,12,13)(H3,14,16,17,18). The van der Waals surface area contributed by atoms with Crippen molar-refractivity contribution in [3.8, 4) is 0 Å². The second kappa shape index (κ2) is 5.07. The molecule has 0 aliphatic heterocycles. The summed E-state index contributed by atoms with van der Waals surface area (Å²) in [5.74, 6) is 1.58. The molecule has 1 fully saturated rings. The maximum Gasteiger partial charge on any atom is 0.198 e. The van der Waals surface area contributed by atoms with Gasteiger partial charge in [-0.25, -0.2) is 9.97 Å². The Morgan fingerprint density at radius 2 is 2.17 bits per heavy atom. The molecule has 0 unspecified atom stereocenters. The smallest absolute Gasteiger partial charge is 0.198 e. The van der Waals surface area contributed by atoms with Crippen LogP contribution in [0.3, 0.4) is 0 Å². The molecule has 7 nitrogen and oxygen atoms in total. The van der Waals surface area contributed by atoms with E-state index in [9.17, 15) is 0 Å². The molecule has 0 radical (unpaired) electrons. The van der Waals surface area contributed by atoms with Crippen LogP contribution in [-0.4, -0.2) is 29.4 Å². The zero-order chi connectivity index (χ0) is 13.1. The van der Waals surface area contributed by atoms with Gasteiger partial charge < -0.3 is 22.1 Å². The Hall–Kier alpha value is -2.05. The Bertz CT molecular complexity index is 453. The quantitative estimate of drug-likeness (QED) is 0.384. The highest BCUT2D eigenvalue weighted by Crippen LogP contribution is 2.29. The molecule has 1 saturated carbocycles. The zero-order valence-corrected chi connectivity index (χ0v) is 10.5. The van der Waals surface area contributed by atoms with Crippen LogP contribution in [-0.2, 0) is 0 Å². The summed E-state index contributed by atoms with van der Waals surface area (Å²) >= 11 is 0. The number of aromatic nitrogens is 2. The van der Waals surface area contributed by atoms with Gasteiger partial charge in [-0.3, -0.25) is 5.41 Å². The number of amidine groups is 1.